The third-order valence-electron chi connectivity index (χ3n) is 13.4. The summed E-state index contributed by atoms with van der Waals surface area (Å²) in [7, 11) is 0. The lowest BCUT2D eigenvalue weighted by atomic mass is 10.00. The summed E-state index contributed by atoms with van der Waals surface area (Å²) < 4.78 is 30.7. The van der Waals surface area contributed by atoms with E-state index in [9.17, 15) is 19.2 Å². The highest BCUT2D eigenvalue weighted by Crippen LogP contribution is 2.49. The number of nitrogens with zero attached hydrogens (tertiary/aromatic N) is 2. The molecule has 10 nitrogen and oxygen atoms in total. The third kappa shape index (κ3) is 18.7. The normalized spacial score (nSPS) is 11.4. The number of carbonyl (C=O) groups excluding carboxylic acids is 4. The maximum absolute atomic E-state index is 12.0. The van der Waals surface area contributed by atoms with Gasteiger partial charge in [0.2, 0.25) is 0 Å². The highest BCUT2D eigenvalue weighted by atomic mass is 32.1. The van der Waals surface area contributed by atoms with Gasteiger partial charge in [-0.05, 0) is 165 Å². The Hall–Kier alpha value is -4.28. The third-order valence-corrected chi connectivity index (χ3v) is 18.8. The zero-order chi connectivity index (χ0) is 53.4. The van der Waals surface area contributed by atoms with Crippen LogP contribution in [0.1, 0.15) is 188 Å². The molecule has 6 aromatic rings. The lowest BCUT2D eigenvalue weighted by Crippen LogP contribution is -2.03. The number of rotatable bonds is 36. The first-order valence-corrected chi connectivity index (χ1v) is 31.9. The van der Waals surface area contributed by atoms with Crippen molar-refractivity contribution in [2.24, 2.45) is 0 Å². The molecule has 0 amide bonds. The zero-order valence-corrected chi connectivity index (χ0v) is 49.5. The van der Waals surface area contributed by atoms with E-state index in [-0.39, 0.29) is 23.9 Å². The number of aryl methyl sites for hydroxylation is 6. The van der Waals surface area contributed by atoms with E-state index in [1.165, 1.54) is 73.0 Å². The number of aromatic nitrogens is 2. The summed E-state index contributed by atoms with van der Waals surface area (Å²) in [5, 5.41) is 0. The Kier molecular flexibility index (Phi) is 25.9. The number of ether oxygens (including phenoxy) is 4. The van der Waals surface area contributed by atoms with E-state index < -0.39 is 0 Å². The lowest BCUT2D eigenvalue weighted by molar-refractivity contribution is -0.144. The molecule has 0 aliphatic carbocycles. The van der Waals surface area contributed by atoms with Crippen molar-refractivity contribution in [3.63, 3.8) is 0 Å². The molecule has 408 valence electrons. The number of hydrogen-bond acceptors (Lipinski definition) is 15. The molecule has 0 atom stereocenters. The van der Waals surface area contributed by atoms with Gasteiger partial charge in [0.25, 0.3) is 0 Å². The molecule has 0 spiro atoms. The van der Waals surface area contributed by atoms with Gasteiger partial charge in [-0.15, -0.1) is 45.3 Å². The summed E-state index contributed by atoms with van der Waals surface area (Å²) in [6.07, 6.45) is 21.8. The summed E-state index contributed by atoms with van der Waals surface area (Å²) in [4.78, 5) is 58.3. The molecule has 5 heterocycles. The van der Waals surface area contributed by atoms with Gasteiger partial charge in [0.1, 0.15) is 11.0 Å². The topological polar surface area (TPSA) is 131 Å². The first-order valence-electron chi connectivity index (χ1n) is 27.9. The summed E-state index contributed by atoms with van der Waals surface area (Å²) in [5.41, 5.74) is 9.64. The molecule has 0 fully saturated rings. The number of unbranched alkanes of at least 4 members (excludes halogenated alkanes) is 12. The van der Waals surface area contributed by atoms with Gasteiger partial charge in [0.05, 0.1) is 38.2 Å². The van der Waals surface area contributed by atoms with Gasteiger partial charge < -0.3 is 18.9 Å². The van der Waals surface area contributed by atoms with Crippen LogP contribution in [0.3, 0.4) is 0 Å². The fraction of sp³-hybridized carbons (Fsp3) is 0.567. The minimum atomic E-state index is -0.111. The molecule has 0 saturated carbocycles. The van der Waals surface area contributed by atoms with Gasteiger partial charge in [0, 0.05) is 75.8 Å². The Balaban J connectivity index is 1.27. The van der Waals surface area contributed by atoms with Crippen LogP contribution in [0.4, 0.5) is 0 Å². The van der Waals surface area contributed by atoms with Crippen molar-refractivity contribution in [2.75, 3.05) is 26.4 Å². The highest BCUT2D eigenvalue weighted by molar-refractivity contribution is 7.25. The molecule has 0 bridgehead atoms. The van der Waals surface area contributed by atoms with E-state index in [1.54, 1.807) is 0 Å². The molecule has 0 unspecified atom stereocenters. The highest BCUT2D eigenvalue weighted by Gasteiger charge is 2.24. The predicted octanol–water partition coefficient (Wildman–Crippen LogP) is 17.4. The summed E-state index contributed by atoms with van der Waals surface area (Å²) in [5.74, 6) is -0.426. The maximum atomic E-state index is 12.0. The molecule has 0 saturated heterocycles. The van der Waals surface area contributed by atoms with E-state index in [0.29, 0.717) is 52.1 Å². The first kappa shape index (κ1) is 60.0. The van der Waals surface area contributed by atoms with Crippen LogP contribution in [0.2, 0.25) is 0 Å². The van der Waals surface area contributed by atoms with Crippen LogP contribution in [0, 0.1) is 13.8 Å². The van der Waals surface area contributed by atoms with Gasteiger partial charge >= 0.3 is 23.9 Å². The van der Waals surface area contributed by atoms with Crippen LogP contribution in [-0.4, -0.2) is 59.1 Å². The van der Waals surface area contributed by atoms with Gasteiger partial charge in [-0.2, -0.15) is 8.75 Å². The zero-order valence-electron chi connectivity index (χ0n) is 45.5. The first-order chi connectivity index (χ1) is 36.5. The number of hydrogen-bond donors (Lipinski definition) is 0. The van der Waals surface area contributed by atoms with Crippen LogP contribution in [0.25, 0.3) is 51.4 Å². The van der Waals surface area contributed by atoms with Gasteiger partial charge in [0.15, 0.2) is 0 Å². The number of benzene rings is 1. The number of fused-ring (bicyclic) bond motifs is 1. The fourth-order valence-corrected chi connectivity index (χ4v) is 15.3. The van der Waals surface area contributed by atoms with E-state index in [1.807, 2.05) is 73.0 Å². The molecule has 6 rings (SSSR count). The standard InChI is InChI=1S/C60H80N2O8S5/c1-7-67-51(63)31-23-15-11-13-19-29-45-39-49(73-59(45)57-43(37-41(5)71-57)27-21-17-25-33-53(65)69-9-3)47-35-36-48(56-55(47)61-75-62-56)50-40-46(30-20-14-12-16-24-32-52(64)68-8-2)60(74-50)58-44(38-42(6)72-58)28-22-18-26-34-54(66)70-10-4/h35-40H,7-34H2,1-6H3. The second-order valence-electron chi connectivity index (χ2n) is 19.4. The van der Waals surface area contributed by atoms with Gasteiger partial charge in [-0.25, -0.2) is 0 Å². The molecule has 0 aliphatic rings. The van der Waals surface area contributed by atoms with Crippen molar-refractivity contribution < 1.29 is 38.1 Å². The molecule has 75 heavy (non-hydrogen) atoms. The van der Waals surface area contributed by atoms with Crippen molar-refractivity contribution in [3.05, 3.63) is 68.4 Å². The summed E-state index contributed by atoms with van der Waals surface area (Å²) in [6, 6.07) is 14.1. The number of esters is 4. The smallest absolute Gasteiger partial charge is 0.305 e. The fourth-order valence-electron chi connectivity index (χ4n) is 9.72. The molecule has 5 aromatic heterocycles. The van der Waals surface area contributed by atoms with Crippen molar-refractivity contribution in [1.29, 1.82) is 0 Å². The Bertz CT molecular complexity index is 2540. The molecule has 0 N–H and O–H groups in total. The van der Waals surface area contributed by atoms with Crippen molar-refractivity contribution >= 4 is 92.0 Å². The predicted molar refractivity (Wildman–Crippen MR) is 314 cm³/mol. The van der Waals surface area contributed by atoms with Crippen molar-refractivity contribution in [3.8, 4) is 40.4 Å². The van der Waals surface area contributed by atoms with E-state index >= 15 is 0 Å². The van der Waals surface area contributed by atoms with E-state index in [4.69, 9.17) is 27.7 Å². The van der Waals surface area contributed by atoms with E-state index in [2.05, 4.69) is 50.2 Å². The molecule has 15 heteroatoms. The van der Waals surface area contributed by atoms with Crippen LogP contribution >= 0.6 is 57.1 Å². The number of thiophene rings is 4. The SMILES string of the molecule is CCOC(=O)CCCCCCCc1cc(-c2ccc(-c3cc(CCCCCCCC(=O)OCC)c(-c4sc(C)cc4CCCCCC(=O)OCC)s3)c3nsnc23)sc1-c1sc(C)cc1CCCCCC(=O)OCC. The van der Waals surface area contributed by atoms with Crippen molar-refractivity contribution in [2.45, 2.75) is 196 Å². The van der Waals surface area contributed by atoms with Gasteiger partial charge in [-0.3, -0.25) is 19.2 Å². The lowest BCUT2D eigenvalue weighted by Gasteiger charge is -2.07. The molecular formula is C60H80N2O8S5. The van der Waals surface area contributed by atoms with Gasteiger partial charge in [-0.1, -0.05) is 63.5 Å². The Morgan fingerprint density at radius 1 is 0.387 bits per heavy atom. The molecule has 0 aliphatic heterocycles. The summed E-state index contributed by atoms with van der Waals surface area (Å²) >= 11 is 8.82. The average Bonchev–Trinajstić information content (AvgIpc) is 4.25. The Morgan fingerprint density at radius 3 is 1.00 bits per heavy atom. The number of carbonyl (C=O) groups is 4. The average molecular weight is 1120 g/mol. The van der Waals surface area contributed by atoms with Crippen LogP contribution < -0.4 is 0 Å². The Morgan fingerprint density at radius 2 is 0.667 bits per heavy atom. The molecule has 0 radical (unpaired) electrons. The van der Waals surface area contributed by atoms with Crippen LogP contribution in [-0.2, 0) is 63.8 Å². The minimum absolute atomic E-state index is 0.102. The molecule has 1 aromatic carbocycles. The quantitative estimate of drug-likeness (QED) is 0.0213. The maximum Gasteiger partial charge on any atom is 0.305 e. The minimum Gasteiger partial charge on any atom is -0.466 e. The van der Waals surface area contributed by atoms with Crippen LogP contribution in [0.15, 0.2) is 36.4 Å². The largest absolute Gasteiger partial charge is 0.466 e. The monoisotopic (exact) mass is 1120 g/mol. The summed E-state index contributed by atoms with van der Waals surface area (Å²) in [6.45, 7) is 13.6. The van der Waals surface area contributed by atoms with E-state index in [0.717, 1.165) is 151 Å². The van der Waals surface area contributed by atoms with Crippen molar-refractivity contribution in [1.82, 2.24) is 8.75 Å². The van der Waals surface area contributed by atoms with Crippen LogP contribution in [0.5, 0.6) is 0 Å². The second kappa shape index (κ2) is 32.5. The second-order valence-corrected chi connectivity index (χ2v) is 24.5. The molecular weight excluding hydrogens is 1040 g/mol. The Labute approximate surface area is 466 Å².